The highest BCUT2D eigenvalue weighted by atomic mass is 16.5. The van der Waals surface area contributed by atoms with Crippen LogP contribution in [-0.2, 0) is 17.9 Å². The van der Waals surface area contributed by atoms with Gasteiger partial charge in [-0.25, -0.2) is 0 Å². The van der Waals surface area contributed by atoms with Crippen molar-refractivity contribution in [2.45, 2.75) is 39.0 Å². The van der Waals surface area contributed by atoms with Crippen molar-refractivity contribution in [2.75, 3.05) is 26.7 Å². The number of fused-ring (bicyclic) bond motifs is 1. The van der Waals surface area contributed by atoms with Crippen molar-refractivity contribution in [3.63, 3.8) is 0 Å². The van der Waals surface area contributed by atoms with Crippen molar-refractivity contribution in [1.82, 2.24) is 14.8 Å². The van der Waals surface area contributed by atoms with E-state index in [2.05, 4.69) is 16.0 Å². The molecule has 1 saturated heterocycles. The molecule has 0 radical (unpaired) electrons. The third-order valence-corrected chi connectivity index (χ3v) is 5.93. The second-order valence-electron chi connectivity index (χ2n) is 7.99. The van der Waals surface area contributed by atoms with E-state index in [1.54, 1.807) is 14.0 Å². The van der Waals surface area contributed by atoms with Crippen molar-refractivity contribution >= 4 is 5.91 Å². The summed E-state index contributed by atoms with van der Waals surface area (Å²) in [5.41, 5.74) is 2.10. The summed E-state index contributed by atoms with van der Waals surface area (Å²) in [5.74, 6) is 2.10. The normalized spacial score (nSPS) is 22.3. The highest BCUT2D eigenvalue weighted by molar-refractivity contribution is 5.73. The molecule has 2 aliphatic heterocycles. The van der Waals surface area contributed by atoms with Gasteiger partial charge in [0.15, 0.2) is 0 Å². The van der Waals surface area contributed by atoms with Crippen LogP contribution in [0.5, 0.6) is 11.5 Å². The number of hydrogen-bond donors (Lipinski definition) is 0. The number of carbonyl (C=O) groups excluding carboxylic acids is 1. The minimum atomic E-state index is -0.0138. The number of piperidine rings is 1. The Morgan fingerprint density at radius 1 is 1.28 bits per heavy atom. The van der Waals surface area contributed by atoms with Crippen molar-refractivity contribution in [3.05, 3.63) is 53.9 Å². The number of rotatable bonds is 4. The zero-order valence-electron chi connectivity index (χ0n) is 17.2. The van der Waals surface area contributed by atoms with Gasteiger partial charge in [-0.2, -0.15) is 0 Å². The van der Waals surface area contributed by atoms with E-state index >= 15 is 0 Å². The van der Waals surface area contributed by atoms with E-state index in [4.69, 9.17) is 9.47 Å². The molecule has 6 nitrogen and oxygen atoms in total. The zero-order valence-corrected chi connectivity index (χ0v) is 17.2. The number of carbonyl (C=O) groups is 1. The Kier molecular flexibility index (Phi) is 6.00. The van der Waals surface area contributed by atoms with Crippen LogP contribution >= 0.6 is 0 Å². The Hall–Kier alpha value is -2.60. The second-order valence-corrected chi connectivity index (χ2v) is 7.99. The van der Waals surface area contributed by atoms with Crippen LogP contribution in [0, 0.1) is 5.92 Å². The molecule has 0 spiro atoms. The third-order valence-electron chi connectivity index (χ3n) is 5.93. The number of ether oxygens (including phenoxy) is 2. The van der Waals surface area contributed by atoms with Crippen LogP contribution in [0.1, 0.15) is 31.0 Å². The largest absolute Gasteiger partial charge is 0.497 e. The molecule has 29 heavy (non-hydrogen) atoms. The smallest absolute Gasteiger partial charge is 0.219 e. The van der Waals surface area contributed by atoms with E-state index in [0.29, 0.717) is 19.0 Å². The van der Waals surface area contributed by atoms with E-state index in [9.17, 15) is 4.79 Å². The van der Waals surface area contributed by atoms with Gasteiger partial charge in [0.25, 0.3) is 0 Å². The molecule has 1 amide bonds. The second kappa shape index (κ2) is 8.82. The summed E-state index contributed by atoms with van der Waals surface area (Å²) in [6, 6.07) is 11.9. The van der Waals surface area contributed by atoms with Crippen LogP contribution in [0.3, 0.4) is 0 Å². The predicted molar refractivity (Wildman–Crippen MR) is 111 cm³/mol. The topological polar surface area (TPSA) is 54.9 Å². The predicted octanol–water partition coefficient (Wildman–Crippen LogP) is 3.11. The Bertz CT molecular complexity index is 843. The van der Waals surface area contributed by atoms with Crippen LogP contribution in [0.2, 0.25) is 0 Å². The summed E-state index contributed by atoms with van der Waals surface area (Å²) in [7, 11) is 1.66. The Balaban J connectivity index is 1.51. The highest BCUT2D eigenvalue weighted by Crippen LogP contribution is 2.33. The van der Waals surface area contributed by atoms with Crippen molar-refractivity contribution in [3.8, 4) is 11.5 Å². The van der Waals surface area contributed by atoms with E-state index in [1.165, 1.54) is 0 Å². The fourth-order valence-electron chi connectivity index (χ4n) is 4.35. The molecule has 1 aromatic heterocycles. The van der Waals surface area contributed by atoms with Gasteiger partial charge in [0, 0.05) is 44.2 Å². The van der Waals surface area contributed by atoms with Gasteiger partial charge in [0.1, 0.15) is 17.6 Å². The average Bonchev–Trinajstić information content (AvgIpc) is 2.94. The molecule has 0 aliphatic carbocycles. The summed E-state index contributed by atoms with van der Waals surface area (Å²) in [6.07, 6.45) is 4.08. The SMILES string of the molecule is COc1ccc2c(c1)CN(C(C)=O)C[C@H]([C@H]1CCCN(Cc3ccccn3)C1)O2. The lowest BCUT2D eigenvalue weighted by Gasteiger charge is -2.37. The lowest BCUT2D eigenvalue weighted by Crippen LogP contribution is -2.46. The number of methoxy groups -OCH3 is 1. The molecule has 6 heteroatoms. The molecule has 2 aromatic rings. The first kappa shape index (κ1) is 19.7. The minimum absolute atomic E-state index is 0.0138. The van der Waals surface area contributed by atoms with Crippen LogP contribution in [-0.4, -0.2) is 53.5 Å². The number of aromatic nitrogens is 1. The average molecular weight is 396 g/mol. The van der Waals surface area contributed by atoms with Crippen molar-refractivity contribution in [2.24, 2.45) is 5.92 Å². The van der Waals surface area contributed by atoms with E-state index < -0.39 is 0 Å². The summed E-state index contributed by atoms with van der Waals surface area (Å²) in [6.45, 7) is 5.70. The molecule has 4 rings (SSSR count). The first-order valence-electron chi connectivity index (χ1n) is 10.3. The van der Waals surface area contributed by atoms with Gasteiger partial charge in [-0.15, -0.1) is 0 Å². The summed E-state index contributed by atoms with van der Waals surface area (Å²) < 4.78 is 11.8. The fourth-order valence-corrected chi connectivity index (χ4v) is 4.35. The molecule has 0 saturated carbocycles. The van der Waals surface area contributed by atoms with E-state index in [-0.39, 0.29) is 12.0 Å². The van der Waals surface area contributed by atoms with Gasteiger partial charge < -0.3 is 14.4 Å². The van der Waals surface area contributed by atoms with E-state index in [1.807, 2.05) is 41.4 Å². The van der Waals surface area contributed by atoms with Gasteiger partial charge in [-0.1, -0.05) is 6.07 Å². The van der Waals surface area contributed by atoms with Gasteiger partial charge >= 0.3 is 0 Å². The Morgan fingerprint density at radius 2 is 2.17 bits per heavy atom. The molecular weight excluding hydrogens is 366 g/mol. The van der Waals surface area contributed by atoms with Crippen LogP contribution < -0.4 is 9.47 Å². The Morgan fingerprint density at radius 3 is 2.93 bits per heavy atom. The number of benzene rings is 1. The first-order chi connectivity index (χ1) is 14.1. The summed E-state index contributed by atoms with van der Waals surface area (Å²) in [4.78, 5) is 21.1. The number of amides is 1. The van der Waals surface area contributed by atoms with Crippen LogP contribution in [0.4, 0.5) is 0 Å². The van der Waals surface area contributed by atoms with Gasteiger partial charge in [0.05, 0.1) is 19.3 Å². The molecule has 3 heterocycles. The first-order valence-corrected chi connectivity index (χ1v) is 10.3. The molecular formula is C23H29N3O3. The maximum Gasteiger partial charge on any atom is 0.219 e. The number of nitrogens with zero attached hydrogens (tertiary/aromatic N) is 3. The summed E-state index contributed by atoms with van der Waals surface area (Å²) in [5, 5.41) is 0. The monoisotopic (exact) mass is 395 g/mol. The maximum atomic E-state index is 12.3. The van der Waals surface area contributed by atoms with Crippen LogP contribution in [0.15, 0.2) is 42.6 Å². The van der Waals surface area contributed by atoms with E-state index in [0.717, 1.165) is 55.2 Å². The molecule has 0 N–H and O–H groups in total. The maximum absolute atomic E-state index is 12.3. The van der Waals surface area contributed by atoms with Gasteiger partial charge in [-0.3, -0.25) is 14.7 Å². The molecule has 1 fully saturated rings. The van der Waals surface area contributed by atoms with Crippen molar-refractivity contribution in [1.29, 1.82) is 0 Å². The standard InChI is InChI=1S/C23H29N3O3/c1-17(27)26-14-19-12-21(28-2)8-9-22(19)29-23(16-26)18-6-5-11-25(13-18)15-20-7-3-4-10-24-20/h3-4,7-10,12,18,23H,5-6,11,13-16H2,1-2H3/t18-,23+/m0/s1. The number of pyridine rings is 1. The molecule has 0 bridgehead atoms. The zero-order chi connectivity index (χ0) is 20.2. The molecule has 1 aromatic carbocycles. The van der Waals surface area contributed by atoms with Gasteiger partial charge in [0.2, 0.25) is 5.91 Å². The minimum Gasteiger partial charge on any atom is -0.497 e. The van der Waals surface area contributed by atoms with Gasteiger partial charge in [-0.05, 0) is 49.7 Å². The Labute approximate surface area is 172 Å². The molecule has 2 aliphatic rings. The number of hydrogen-bond acceptors (Lipinski definition) is 5. The van der Waals surface area contributed by atoms with Crippen molar-refractivity contribution < 1.29 is 14.3 Å². The molecule has 154 valence electrons. The lowest BCUT2D eigenvalue weighted by atomic mass is 9.91. The summed E-state index contributed by atoms with van der Waals surface area (Å²) >= 11 is 0. The molecule has 2 atom stereocenters. The number of likely N-dealkylation sites (tertiary alicyclic amines) is 1. The third kappa shape index (κ3) is 4.70. The van der Waals surface area contributed by atoms with Crippen LogP contribution in [0.25, 0.3) is 0 Å². The highest BCUT2D eigenvalue weighted by Gasteiger charge is 2.33. The quantitative estimate of drug-likeness (QED) is 0.796. The lowest BCUT2D eigenvalue weighted by molar-refractivity contribution is -0.130. The fraction of sp³-hybridized carbons (Fsp3) is 0.478. The molecule has 0 unspecified atom stereocenters.